The molecule has 0 amide bonds. The number of benzene rings is 1. The van der Waals surface area contributed by atoms with Crippen LogP contribution < -0.4 is 10.5 Å². The van der Waals surface area contributed by atoms with Crippen LogP contribution in [0, 0.1) is 0 Å². The Labute approximate surface area is 114 Å². The lowest BCUT2D eigenvalue weighted by Gasteiger charge is -2.24. The summed E-state index contributed by atoms with van der Waals surface area (Å²) < 4.78 is 6.96. The molecule has 1 aromatic carbocycles. The average Bonchev–Trinajstić information content (AvgIpc) is 2.74. The maximum Gasteiger partial charge on any atom is 0.118 e. The van der Waals surface area contributed by atoms with E-state index >= 15 is 0 Å². The second kappa shape index (κ2) is 5.45. The van der Waals surface area contributed by atoms with Gasteiger partial charge in [-0.1, -0.05) is 12.1 Å². The summed E-state index contributed by atoms with van der Waals surface area (Å²) in [5.74, 6) is 0.868. The van der Waals surface area contributed by atoms with Gasteiger partial charge in [-0.2, -0.15) is 5.10 Å². The second-order valence-corrected chi connectivity index (χ2v) is 5.34. The van der Waals surface area contributed by atoms with Gasteiger partial charge in [0.05, 0.1) is 12.8 Å². The molecule has 1 aromatic heterocycles. The van der Waals surface area contributed by atoms with Crippen LogP contribution in [0.15, 0.2) is 36.5 Å². The molecule has 1 atom stereocenters. The first-order valence-corrected chi connectivity index (χ1v) is 6.39. The van der Waals surface area contributed by atoms with E-state index in [0.29, 0.717) is 0 Å². The van der Waals surface area contributed by atoms with Gasteiger partial charge in [0, 0.05) is 25.2 Å². The molecule has 102 valence electrons. The first-order chi connectivity index (χ1) is 8.98. The highest BCUT2D eigenvalue weighted by molar-refractivity contribution is 5.28. The number of hydrogen-bond acceptors (Lipinski definition) is 3. The van der Waals surface area contributed by atoms with E-state index in [0.717, 1.165) is 24.3 Å². The summed E-state index contributed by atoms with van der Waals surface area (Å²) in [4.78, 5) is 0. The third-order valence-electron chi connectivity index (χ3n) is 3.12. The van der Waals surface area contributed by atoms with Crippen molar-refractivity contribution in [3.63, 3.8) is 0 Å². The van der Waals surface area contributed by atoms with Crippen LogP contribution in [0.25, 0.3) is 0 Å². The molecule has 4 heteroatoms. The van der Waals surface area contributed by atoms with Crippen molar-refractivity contribution >= 4 is 0 Å². The molecule has 0 fully saturated rings. The third-order valence-corrected chi connectivity index (χ3v) is 3.12. The smallest absolute Gasteiger partial charge is 0.118 e. The fraction of sp³-hybridized carbons (Fsp3) is 0.400. The minimum Gasteiger partial charge on any atom is -0.497 e. The van der Waals surface area contributed by atoms with Gasteiger partial charge in [-0.25, -0.2) is 0 Å². The zero-order valence-corrected chi connectivity index (χ0v) is 11.8. The predicted molar refractivity (Wildman–Crippen MR) is 76.2 cm³/mol. The van der Waals surface area contributed by atoms with Gasteiger partial charge in [-0.15, -0.1) is 0 Å². The lowest BCUT2D eigenvalue weighted by atomic mass is 9.89. The number of aromatic nitrogens is 2. The second-order valence-electron chi connectivity index (χ2n) is 5.34. The highest BCUT2D eigenvalue weighted by atomic mass is 16.5. The monoisotopic (exact) mass is 259 g/mol. The van der Waals surface area contributed by atoms with Gasteiger partial charge in [-0.3, -0.25) is 4.68 Å². The Bertz CT molecular complexity index is 529. The van der Waals surface area contributed by atoms with Crippen molar-refractivity contribution < 1.29 is 4.74 Å². The lowest BCUT2D eigenvalue weighted by molar-refractivity contribution is 0.414. The molecule has 0 radical (unpaired) electrons. The first kappa shape index (κ1) is 13.6. The number of ether oxygens (including phenoxy) is 1. The van der Waals surface area contributed by atoms with Crippen LogP contribution in [0.2, 0.25) is 0 Å². The fourth-order valence-corrected chi connectivity index (χ4v) is 2.24. The van der Waals surface area contributed by atoms with Gasteiger partial charge >= 0.3 is 0 Å². The number of aryl methyl sites for hydroxylation is 1. The molecule has 0 saturated heterocycles. The van der Waals surface area contributed by atoms with E-state index in [1.54, 1.807) is 11.8 Å². The molecule has 4 nitrogen and oxygen atoms in total. The van der Waals surface area contributed by atoms with Crippen molar-refractivity contribution in [2.75, 3.05) is 7.11 Å². The van der Waals surface area contributed by atoms with E-state index in [1.807, 2.05) is 31.4 Å². The molecule has 19 heavy (non-hydrogen) atoms. The van der Waals surface area contributed by atoms with Crippen molar-refractivity contribution in [1.82, 2.24) is 9.78 Å². The quantitative estimate of drug-likeness (QED) is 0.892. The Kier molecular flexibility index (Phi) is 3.90. The van der Waals surface area contributed by atoms with E-state index in [2.05, 4.69) is 24.2 Å². The summed E-state index contributed by atoms with van der Waals surface area (Å²) in [6.07, 6.45) is 3.52. The van der Waals surface area contributed by atoms with Crippen LogP contribution in [-0.4, -0.2) is 22.4 Å². The van der Waals surface area contributed by atoms with Crippen LogP contribution >= 0.6 is 0 Å². The maximum atomic E-state index is 6.38. The Morgan fingerprint density at radius 1 is 1.21 bits per heavy atom. The Hall–Kier alpha value is -1.81. The maximum absolute atomic E-state index is 6.38. The third kappa shape index (κ3) is 3.83. The van der Waals surface area contributed by atoms with Crippen molar-refractivity contribution in [2.24, 2.45) is 12.8 Å². The van der Waals surface area contributed by atoms with E-state index in [9.17, 15) is 0 Å². The average molecular weight is 259 g/mol. The van der Waals surface area contributed by atoms with Crippen LogP contribution in [0.1, 0.15) is 18.2 Å². The number of hydrogen-bond donors (Lipinski definition) is 1. The molecular weight excluding hydrogens is 238 g/mol. The minimum absolute atomic E-state index is 0.303. The molecule has 1 heterocycles. The normalized spacial score (nSPS) is 14.1. The van der Waals surface area contributed by atoms with Gasteiger partial charge in [0.15, 0.2) is 0 Å². The molecule has 0 spiro atoms. The summed E-state index contributed by atoms with van der Waals surface area (Å²) >= 11 is 0. The van der Waals surface area contributed by atoms with Crippen molar-refractivity contribution in [2.45, 2.75) is 25.3 Å². The highest BCUT2D eigenvalue weighted by Gasteiger charge is 2.21. The largest absolute Gasteiger partial charge is 0.497 e. The molecule has 0 aliphatic carbocycles. The van der Waals surface area contributed by atoms with Gasteiger partial charge in [0.2, 0.25) is 0 Å². The molecule has 2 N–H and O–H groups in total. The summed E-state index contributed by atoms with van der Waals surface area (Å²) in [6.45, 7) is 2.06. The highest BCUT2D eigenvalue weighted by Crippen LogP contribution is 2.18. The zero-order chi connectivity index (χ0) is 13.9. The number of nitrogens with two attached hydrogens (primary N) is 1. The standard InChI is InChI=1S/C15H21N3O/c1-15(16,11-13-8-9-18(2)17-13)10-12-4-6-14(19-3)7-5-12/h4-9H,10-11,16H2,1-3H3. The molecule has 2 aromatic rings. The topological polar surface area (TPSA) is 53.1 Å². The molecular formula is C15H21N3O. The number of rotatable bonds is 5. The van der Waals surface area contributed by atoms with Crippen molar-refractivity contribution in [3.8, 4) is 5.75 Å². The first-order valence-electron chi connectivity index (χ1n) is 6.39. The van der Waals surface area contributed by atoms with Crippen LogP contribution in [0.3, 0.4) is 0 Å². The van der Waals surface area contributed by atoms with Crippen molar-refractivity contribution in [1.29, 1.82) is 0 Å². The number of nitrogens with zero attached hydrogens (tertiary/aromatic N) is 2. The minimum atomic E-state index is -0.303. The molecule has 0 bridgehead atoms. The van der Waals surface area contributed by atoms with Crippen LogP contribution in [-0.2, 0) is 19.9 Å². The van der Waals surface area contributed by atoms with E-state index in [1.165, 1.54) is 5.56 Å². The van der Waals surface area contributed by atoms with Crippen LogP contribution in [0.4, 0.5) is 0 Å². The summed E-state index contributed by atoms with van der Waals surface area (Å²) in [5, 5.41) is 4.38. The Balaban J connectivity index is 2.03. The molecule has 2 rings (SSSR count). The fourth-order valence-electron chi connectivity index (χ4n) is 2.24. The summed E-state index contributed by atoms with van der Waals surface area (Å²) in [5.41, 5.74) is 8.32. The molecule has 0 aliphatic rings. The van der Waals surface area contributed by atoms with Gasteiger partial charge in [-0.05, 0) is 37.1 Å². The SMILES string of the molecule is COc1ccc(CC(C)(N)Cc2ccn(C)n2)cc1. The molecule has 0 aliphatic heterocycles. The Morgan fingerprint density at radius 3 is 2.42 bits per heavy atom. The number of methoxy groups -OCH3 is 1. The van der Waals surface area contributed by atoms with Gasteiger partial charge in [0.25, 0.3) is 0 Å². The van der Waals surface area contributed by atoms with Crippen molar-refractivity contribution in [3.05, 3.63) is 47.8 Å². The summed E-state index contributed by atoms with van der Waals surface area (Å²) in [7, 11) is 3.59. The lowest BCUT2D eigenvalue weighted by Crippen LogP contribution is -2.41. The molecule has 0 saturated carbocycles. The van der Waals surface area contributed by atoms with E-state index in [4.69, 9.17) is 10.5 Å². The predicted octanol–water partition coefficient (Wildman–Crippen LogP) is 1.93. The van der Waals surface area contributed by atoms with Gasteiger partial charge < -0.3 is 10.5 Å². The van der Waals surface area contributed by atoms with E-state index < -0.39 is 0 Å². The Morgan fingerprint density at radius 2 is 1.89 bits per heavy atom. The zero-order valence-electron chi connectivity index (χ0n) is 11.8. The van der Waals surface area contributed by atoms with Crippen LogP contribution in [0.5, 0.6) is 5.75 Å². The van der Waals surface area contributed by atoms with E-state index in [-0.39, 0.29) is 5.54 Å². The van der Waals surface area contributed by atoms with Gasteiger partial charge in [0.1, 0.15) is 5.75 Å². The molecule has 1 unspecified atom stereocenters. The summed E-state index contributed by atoms with van der Waals surface area (Å²) in [6, 6.07) is 10.1.